The summed E-state index contributed by atoms with van der Waals surface area (Å²) in [7, 11) is 0. The largest absolute Gasteiger partial charge is 0.386 e. The van der Waals surface area contributed by atoms with Crippen molar-refractivity contribution in [3.05, 3.63) is 46.4 Å². The third kappa shape index (κ3) is 2.95. The maximum absolute atomic E-state index is 8.46. The van der Waals surface area contributed by atoms with Gasteiger partial charge in [0.1, 0.15) is 0 Å². The highest BCUT2D eigenvalue weighted by Gasteiger charge is 2.08. The molecular weight excluding hydrogens is 299 g/mol. The zero-order chi connectivity index (χ0) is 14.5. The molecule has 0 spiro atoms. The Labute approximate surface area is 125 Å². The first-order chi connectivity index (χ1) is 9.65. The molecule has 0 unspecified atom stereocenters. The second-order valence-corrected chi connectivity index (χ2v) is 4.49. The maximum Gasteiger partial charge on any atom is 0.292 e. The summed E-state index contributed by atoms with van der Waals surface area (Å²) in [4.78, 5) is 0. The lowest BCUT2D eigenvalue weighted by molar-refractivity contribution is 0.507. The third-order valence-corrected chi connectivity index (χ3v) is 3.10. The Morgan fingerprint density at radius 1 is 0.750 bits per heavy atom. The van der Waals surface area contributed by atoms with Gasteiger partial charge in [-0.3, -0.25) is 0 Å². The van der Waals surface area contributed by atoms with Crippen molar-refractivity contribution >= 4 is 23.2 Å². The highest BCUT2D eigenvalue weighted by atomic mass is 35.5. The van der Waals surface area contributed by atoms with Gasteiger partial charge < -0.3 is 9.47 Å². The van der Waals surface area contributed by atoms with Gasteiger partial charge in [-0.2, -0.15) is 0 Å². The zero-order valence-electron chi connectivity index (χ0n) is 9.93. The Morgan fingerprint density at radius 3 is 1.45 bits per heavy atom. The van der Waals surface area contributed by atoms with Crippen molar-refractivity contribution in [2.45, 2.75) is 0 Å². The quantitative estimate of drug-likeness (QED) is 0.789. The number of nitrogens with zero attached hydrogens (tertiary/aromatic N) is 2. The third-order valence-electron chi connectivity index (χ3n) is 2.51. The van der Waals surface area contributed by atoms with E-state index in [9.17, 15) is 0 Å². The molecule has 0 saturated carbocycles. The van der Waals surface area contributed by atoms with E-state index < -0.39 is 0 Å². The van der Waals surface area contributed by atoms with Gasteiger partial charge in [0.25, 0.3) is 12.5 Å². The molecular formula is C14H6Cl2N2O2. The van der Waals surface area contributed by atoms with Gasteiger partial charge in [0.05, 0.1) is 10.0 Å². The van der Waals surface area contributed by atoms with Crippen molar-refractivity contribution in [2.24, 2.45) is 0 Å². The number of rotatable bonds is 3. The average molecular weight is 305 g/mol. The minimum absolute atomic E-state index is 0.286. The molecule has 0 heterocycles. The predicted molar refractivity (Wildman–Crippen MR) is 74.4 cm³/mol. The Hall–Kier alpha value is -2.40. The minimum Gasteiger partial charge on any atom is -0.386 e. The molecule has 98 valence electrons. The van der Waals surface area contributed by atoms with E-state index in [0.717, 1.165) is 11.1 Å². The monoisotopic (exact) mass is 304 g/mol. The fourth-order valence-electron chi connectivity index (χ4n) is 1.62. The molecule has 20 heavy (non-hydrogen) atoms. The van der Waals surface area contributed by atoms with E-state index in [2.05, 4.69) is 0 Å². The number of nitriles is 2. The summed E-state index contributed by atoms with van der Waals surface area (Å²) in [5.74, 6) is 0.571. The first-order valence-corrected chi connectivity index (χ1v) is 6.12. The van der Waals surface area contributed by atoms with Crippen LogP contribution in [0.25, 0.3) is 11.1 Å². The van der Waals surface area contributed by atoms with E-state index in [1.54, 1.807) is 48.9 Å². The van der Waals surface area contributed by atoms with Crippen LogP contribution in [-0.2, 0) is 0 Å². The number of ether oxygens (including phenoxy) is 2. The van der Waals surface area contributed by atoms with E-state index >= 15 is 0 Å². The molecule has 0 atom stereocenters. The van der Waals surface area contributed by atoms with Gasteiger partial charge >= 0.3 is 0 Å². The topological polar surface area (TPSA) is 66.0 Å². The maximum atomic E-state index is 8.46. The standard InChI is InChI=1S/C14H6Cl2N2O2/c15-11-5-9(1-3-13(11)19-7-17)10-2-4-14(20-8-18)12(16)6-10/h1-6H. The normalized spacial score (nSPS) is 9.40. The molecule has 0 amide bonds. The number of benzene rings is 2. The summed E-state index contributed by atoms with van der Waals surface area (Å²) in [5.41, 5.74) is 1.59. The van der Waals surface area contributed by atoms with Crippen LogP contribution in [0, 0.1) is 23.0 Å². The summed E-state index contributed by atoms with van der Waals surface area (Å²) < 4.78 is 9.39. The van der Waals surface area contributed by atoms with Crippen LogP contribution in [0.5, 0.6) is 11.5 Å². The minimum atomic E-state index is 0.286. The molecule has 0 radical (unpaired) electrons. The fourth-order valence-corrected chi connectivity index (χ4v) is 2.06. The summed E-state index contributed by atoms with van der Waals surface area (Å²) in [5, 5.41) is 17.6. The fraction of sp³-hybridized carbons (Fsp3) is 0. The van der Waals surface area contributed by atoms with Crippen molar-refractivity contribution in [3.8, 4) is 35.1 Å². The first-order valence-electron chi connectivity index (χ1n) is 5.37. The lowest BCUT2D eigenvalue weighted by Crippen LogP contribution is -1.86. The summed E-state index contributed by atoms with van der Waals surface area (Å²) >= 11 is 12.0. The molecule has 0 saturated heterocycles. The molecule has 2 rings (SSSR count). The van der Waals surface area contributed by atoms with Crippen LogP contribution in [0.4, 0.5) is 0 Å². The van der Waals surface area contributed by atoms with Crippen molar-refractivity contribution in [3.63, 3.8) is 0 Å². The van der Waals surface area contributed by atoms with Gasteiger partial charge in [0.2, 0.25) is 0 Å². The van der Waals surface area contributed by atoms with Gasteiger partial charge in [-0.05, 0) is 35.4 Å². The lowest BCUT2D eigenvalue weighted by atomic mass is 10.1. The Bertz CT molecular complexity index is 669. The molecule has 2 aromatic rings. The number of halogens is 2. The van der Waals surface area contributed by atoms with Gasteiger partial charge in [0, 0.05) is 0 Å². The van der Waals surface area contributed by atoms with Crippen LogP contribution < -0.4 is 9.47 Å². The summed E-state index contributed by atoms with van der Waals surface area (Å²) in [6, 6.07) is 9.99. The Morgan fingerprint density at radius 2 is 1.15 bits per heavy atom. The van der Waals surface area contributed by atoms with E-state index in [4.69, 9.17) is 43.2 Å². The highest BCUT2D eigenvalue weighted by molar-refractivity contribution is 6.33. The van der Waals surface area contributed by atoms with Gasteiger partial charge in [0.15, 0.2) is 11.5 Å². The van der Waals surface area contributed by atoms with Crippen molar-refractivity contribution < 1.29 is 9.47 Å². The Balaban J connectivity index is 2.38. The van der Waals surface area contributed by atoms with Crippen LogP contribution in [0.3, 0.4) is 0 Å². The molecule has 0 aliphatic heterocycles. The number of hydrogen-bond acceptors (Lipinski definition) is 4. The van der Waals surface area contributed by atoms with Crippen LogP contribution in [0.2, 0.25) is 10.0 Å². The number of hydrogen-bond donors (Lipinski definition) is 0. The van der Waals surface area contributed by atoms with Crippen molar-refractivity contribution in [1.82, 2.24) is 0 Å². The summed E-state index contributed by atoms with van der Waals surface area (Å²) in [6.07, 6.45) is 3.12. The van der Waals surface area contributed by atoms with Gasteiger partial charge in [-0.25, -0.2) is 0 Å². The first kappa shape index (κ1) is 14.0. The smallest absolute Gasteiger partial charge is 0.292 e. The highest BCUT2D eigenvalue weighted by Crippen LogP contribution is 2.34. The second kappa shape index (κ2) is 6.16. The molecule has 6 heteroatoms. The molecule has 0 aliphatic carbocycles. The lowest BCUT2D eigenvalue weighted by Gasteiger charge is -2.07. The SMILES string of the molecule is N#COc1ccc(-c2ccc(OC#N)c(Cl)c2)cc1Cl. The zero-order valence-corrected chi connectivity index (χ0v) is 11.4. The molecule has 0 aromatic heterocycles. The van der Waals surface area contributed by atoms with E-state index in [1.165, 1.54) is 0 Å². The molecule has 0 bridgehead atoms. The summed E-state index contributed by atoms with van der Waals surface area (Å²) in [6.45, 7) is 0. The van der Waals surface area contributed by atoms with E-state index in [0.29, 0.717) is 10.0 Å². The van der Waals surface area contributed by atoms with E-state index in [1.807, 2.05) is 0 Å². The molecule has 0 aliphatic rings. The van der Waals surface area contributed by atoms with Crippen LogP contribution in [0.15, 0.2) is 36.4 Å². The van der Waals surface area contributed by atoms with Crippen LogP contribution >= 0.6 is 23.2 Å². The Kier molecular flexibility index (Phi) is 4.32. The van der Waals surface area contributed by atoms with Crippen molar-refractivity contribution in [2.75, 3.05) is 0 Å². The molecule has 2 aromatic carbocycles. The molecule has 4 nitrogen and oxygen atoms in total. The predicted octanol–water partition coefficient (Wildman–Crippen LogP) is 4.38. The molecule has 0 N–H and O–H groups in total. The van der Waals surface area contributed by atoms with Gasteiger partial charge in [-0.15, -0.1) is 10.5 Å². The van der Waals surface area contributed by atoms with Crippen molar-refractivity contribution in [1.29, 1.82) is 10.5 Å². The van der Waals surface area contributed by atoms with Gasteiger partial charge in [-0.1, -0.05) is 35.3 Å². The second-order valence-electron chi connectivity index (χ2n) is 3.68. The van der Waals surface area contributed by atoms with Crippen LogP contribution in [0.1, 0.15) is 0 Å². The average Bonchev–Trinajstić information content (AvgIpc) is 2.44. The van der Waals surface area contributed by atoms with E-state index in [-0.39, 0.29) is 11.5 Å². The van der Waals surface area contributed by atoms with Crippen LogP contribution in [-0.4, -0.2) is 0 Å². The molecule has 0 fully saturated rings.